The Balaban J connectivity index is 1.30. The van der Waals surface area contributed by atoms with Gasteiger partial charge in [-0.2, -0.15) is 4.98 Å². The molecule has 5 rings (SSSR count). The second-order valence-electron chi connectivity index (χ2n) is 10.7. The normalized spacial score (nSPS) is 17.4. The summed E-state index contributed by atoms with van der Waals surface area (Å²) in [5, 5.41) is 3.25. The van der Waals surface area contributed by atoms with Gasteiger partial charge in [0.2, 0.25) is 5.88 Å². The molecule has 3 heterocycles. The van der Waals surface area contributed by atoms with Crippen molar-refractivity contribution in [3.63, 3.8) is 0 Å². The quantitative estimate of drug-likeness (QED) is 0.452. The fourth-order valence-corrected chi connectivity index (χ4v) is 5.34. The number of rotatable bonds is 8. The lowest BCUT2D eigenvalue weighted by molar-refractivity contribution is 0.0982. The van der Waals surface area contributed by atoms with Crippen molar-refractivity contribution in [1.29, 1.82) is 0 Å². The molecule has 1 amide bonds. The van der Waals surface area contributed by atoms with Gasteiger partial charge in [0.05, 0.1) is 6.10 Å². The molecule has 206 valence electrons. The van der Waals surface area contributed by atoms with E-state index in [2.05, 4.69) is 49.2 Å². The van der Waals surface area contributed by atoms with Crippen LogP contribution in [-0.2, 0) is 0 Å². The van der Waals surface area contributed by atoms with E-state index in [-0.39, 0.29) is 17.6 Å². The maximum Gasteiger partial charge on any atom is 0.271 e. The Morgan fingerprint density at radius 2 is 1.62 bits per heavy atom. The number of aromatic nitrogens is 2. The summed E-state index contributed by atoms with van der Waals surface area (Å²) >= 11 is 0. The Morgan fingerprint density at radius 1 is 0.949 bits per heavy atom. The number of hydrogen-bond acceptors (Lipinski definition) is 8. The number of primary amides is 1. The van der Waals surface area contributed by atoms with Crippen molar-refractivity contribution in [3.8, 4) is 17.1 Å². The number of nitrogens with one attached hydrogen (secondary N) is 1. The van der Waals surface area contributed by atoms with Gasteiger partial charge in [0.1, 0.15) is 5.69 Å². The summed E-state index contributed by atoms with van der Waals surface area (Å²) in [6, 6.07) is 18.5. The van der Waals surface area contributed by atoms with Crippen LogP contribution >= 0.6 is 0 Å². The number of anilines is 3. The van der Waals surface area contributed by atoms with E-state index in [1.807, 2.05) is 56.3 Å². The second kappa shape index (κ2) is 12.0. The molecule has 39 heavy (non-hydrogen) atoms. The molecule has 2 aliphatic heterocycles. The molecule has 9 nitrogen and oxygen atoms in total. The van der Waals surface area contributed by atoms with E-state index in [0.29, 0.717) is 17.6 Å². The molecule has 9 heteroatoms. The smallest absolute Gasteiger partial charge is 0.271 e. The lowest BCUT2D eigenvalue weighted by atomic mass is 10.0. The number of nitrogens with zero attached hydrogens (tertiary/aromatic N) is 5. The van der Waals surface area contributed by atoms with Crippen LogP contribution in [0.1, 0.15) is 37.2 Å². The van der Waals surface area contributed by atoms with E-state index in [1.165, 1.54) is 31.6 Å². The van der Waals surface area contributed by atoms with Crippen LogP contribution in [0.4, 0.5) is 17.2 Å². The molecule has 3 aromatic rings. The van der Waals surface area contributed by atoms with Crippen LogP contribution in [0.25, 0.3) is 11.3 Å². The minimum absolute atomic E-state index is 0.0695. The molecular weight excluding hydrogens is 490 g/mol. The Hall–Kier alpha value is -3.69. The Morgan fingerprint density at radius 3 is 2.23 bits per heavy atom. The molecule has 0 bridgehead atoms. The molecule has 3 N–H and O–H groups in total. The number of amides is 1. The Labute approximate surface area is 231 Å². The van der Waals surface area contributed by atoms with Crippen molar-refractivity contribution in [3.05, 3.63) is 60.3 Å². The number of hydrogen-bond donors (Lipinski definition) is 2. The number of carbonyl (C=O) groups is 1. The predicted octanol–water partition coefficient (Wildman–Crippen LogP) is 3.99. The molecule has 0 saturated carbocycles. The number of likely N-dealkylation sites (N-methyl/N-ethyl adjacent to an activating group) is 1. The zero-order valence-electron chi connectivity index (χ0n) is 23.1. The van der Waals surface area contributed by atoms with Gasteiger partial charge in [0, 0.05) is 62.2 Å². The summed E-state index contributed by atoms with van der Waals surface area (Å²) < 4.78 is 5.99. The molecule has 2 fully saturated rings. The highest BCUT2D eigenvalue weighted by Gasteiger charge is 2.27. The van der Waals surface area contributed by atoms with E-state index in [4.69, 9.17) is 10.5 Å². The second-order valence-corrected chi connectivity index (χ2v) is 10.7. The van der Waals surface area contributed by atoms with Gasteiger partial charge >= 0.3 is 0 Å². The van der Waals surface area contributed by atoms with E-state index in [9.17, 15) is 4.79 Å². The van der Waals surface area contributed by atoms with E-state index in [1.54, 1.807) is 0 Å². The summed E-state index contributed by atoms with van der Waals surface area (Å²) in [6.45, 7) is 10.6. The van der Waals surface area contributed by atoms with Crippen molar-refractivity contribution in [2.24, 2.45) is 5.73 Å². The van der Waals surface area contributed by atoms with Crippen LogP contribution in [0.15, 0.2) is 54.6 Å². The maximum atomic E-state index is 12.4. The number of nitrogens with two attached hydrogens (primary N) is 1. The first-order chi connectivity index (χ1) is 18.9. The van der Waals surface area contributed by atoms with Crippen LogP contribution in [0.5, 0.6) is 5.88 Å². The fourth-order valence-electron chi connectivity index (χ4n) is 5.34. The third-order valence-corrected chi connectivity index (χ3v) is 7.51. The minimum atomic E-state index is -0.655. The summed E-state index contributed by atoms with van der Waals surface area (Å²) in [5.74, 6) is -0.0276. The number of benzene rings is 2. The van der Waals surface area contributed by atoms with Crippen LogP contribution < -0.4 is 20.7 Å². The predicted molar refractivity (Wildman–Crippen MR) is 156 cm³/mol. The van der Waals surface area contributed by atoms with Crippen LogP contribution in [0, 0.1) is 0 Å². The molecule has 2 aliphatic rings. The van der Waals surface area contributed by atoms with Gasteiger partial charge in [-0.15, -0.1) is 0 Å². The molecule has 0 aliphatic carbocycles. The van der Waals surface area contributed by atoms with Crippen molar-refractivity contribution in [2.75, 3.05) is 56.5 Å². The summed E-state index contributed by atoms with van der Waals surface area (Å²) in [5.41, 5.74) is 9.07. The lowest BCUT2D eigenvalue weighted by Gasteiger charge is -2.42. The average molecular weight is 530 g/mol. The molecule has 0 radical (unpaired) electrons. The van der Waals surface area contributed by atoms with Crippen molar-refractivity contribution in [2.45, 2.75) is 38.8 Å². The van der Waals surface area contributed by atoms with Gasteiger partial charge in [-0.1, -0.05) is 30.3 Å². The van der Waals surface area contributed by atoms with Crippen molar-refractivity contribution < 1.29 is 9.53 Å². The largest absolute Gasteiger partial charge is 0.473 e. The first-order valence-corrected chi connectivity index (χ1v) is 13.9. The Kier molecular flexibility index (Phi) is 8.28. The molecule has 0 spiro atoms. The SMILES string of the molecule is CC(C)Oc1nc(Nc2ccc(N3CCC(N4CCN(C)CC4)CC3)cc2)c(C(N)=O)nc1-c1ccccc1. The molecule has 0 atom stereocenters. The van der Waals surface area contributed by atoms with E-state index >= 15 is 0 Å². The number of ether oxygens (including phenoxy) is 1. The lowest BCUT2D eigenvalue weighted by Crippen LogP contribution is -2.52. The number of piperidine rings is 1. The van der Waals surface area contributed by atoms with E-state index < -0.39 is 5.91 Å². The van der Waals surface area contributed by atoms with Crippen LogP contribution in [-0.4, -0.2) is 84.1 Å². The highest BCUT2D eigenvalue weighted by molar-refractivity contribution is 5.97. The van der Waals surface area contributed by atoms with Gasteiger partial charge in [-0.3, -0.25) is 9.69 Å². The molecule has 0 unspecified atom stereocenters. The average Bonchev–Trinajstić information content (AvgIpc) is 2.94. The fraction of sp³-hybridized carbons (Fsp3) is 0.433. The minimum Gasteiger partial charge on any atom is -0.473 e. The molecule has 1 aromatic heterocycles. The first-order valence-electron chi connectivity index (χ1n) is 13.9. The van der Waals surface area contributed by atoms with Crippen LogP contribution in [0.3, 0.4) is 0 Å². The molecular formula is C30H39N7O2. The van der Waals surface area contributed by atoms with Crippen molar-refractivity contribution >= 4 is 23.1 Å². The number of piperazine rings is 1. The highest BCUT2D eigenvalue weighted by atomic mass is 16.5. The van der Waals surface area contributed by atoms with Gasteiger partial charge in [0.15, 0.2) is 11.5 Å². The van der Waals surface area contributed by atoms with Gasteiger partial charge in [0.25, 0.3) is 5.91 Å². The summed E-state index contributed by atoms with van der Waals surface area (Å²) in [6.07, 6.45) is 2.26. The third kappa shape index (κ3) is 6.49. The van der Waals surface area contributed by atoms with E-state index in [0.717, 1.165) is 37.4 Å². The molecule has 2 saturated heterocycles. The summed E-state index contributed by atoms with van der Waals surface area (Å²) in [4.78, 5) is 29.2. The zero-order valence-corrected chi connectivity index (χ0v) is 23.1. The maximum absolute atomic E-state index is 12.4. The summed E-state index contributed by atoms with van der Waals surface area (Å²) in [7, 11) is 2.21. The van der Waals surface area contributed by atoms with Crippen LogP contribution in [0.2, 0.25) is 0 Å². The molecule has 2 aromatic carbocycles. The first kappa shape index (κ1) is 26.9. The van der Waals surface area contributed by atoms with Gasteiger partial charge < -0.3 is 25.6 Å². The number of carbonyl (C=O) groups excluding carboxylic acids is 1. The highest BCUT2D eigenvalue weighted by Crippen LogP contribution is 2.32. The van der Waals surface area contributed by atoms with Crippen molar-refractivity contribution in [1.82, 2.24) is 19.8 Å². The topological polar surface area (TPSA) is 99.9 Å². The third-order valence-electron chi connectivity index (χ3n) is 7.51. The van der Waals surface area contributed by atoms with Gasteiger partial charge in [-0.05, 0) is 58.0 Å². The monoisotopic (exact) mass is 529 g/mol. The standard InChI is InChI=1S/C30H39N7O2/c1-21(2)39-30-26(22-7-5-4-6-8-22)33-27(28(31)38)29(34-30)32-23-9-11-24(12-10-23)36-15-13-25(14-16-36)37-19-17-35(3)18-20-37/h4-12,21,25H,13-20H2,1-3H3,(H2,31,38)(H,32,34). The zero-order chi connectivity index (χ0) is 27.4. The van der Waals surface area contributed by atoms with Gasteiger partial charge in [-0.25, -0.2) is 4.98 Å². The Bertz CT molecular complexity index is 1250.